The van der Waals surface area contributed by atoms with Gasteiger partial charge < -0.3 is 18.6 Å². The standard InChI is InChI=1S/C12B2F8O4/c15-1-2(16)6(20)10-9(5(1)19)23-13(24-10)14-25-11-7(21)3(17)4(18)8(22)12(11)26-14. The van der Waals surface area contributed by atoms with Crippen LogP contribution in [0.15, 0.2) is 0 Å². The van der Waals surface area contributed by atoms with E-state index in [1.165, 1.54) is 0 Å². The molecular weight excluding hydrogens is 382 g/mol. The van der Waals surface area contributed by atoms with Crippen molar-refractivity contribution in [3.05, 3.63) is 46.5 Å². The van der Waals surface area contributed by atoms with Crippen molar-refractivity contribution in [1.82, 2.24) is 0 Å². The van der Waals surface area contributed by atoms with Crippen LogP contribution in [0.2, 0.25) is 0 Å². The molecule has 2 aromatic carbocycles. The van der Waals surface area contributed by atoms with Gasteiger partial charge in [0.25, 0.3) is 0 Å². The van der Waals surface area contributed by atoms with Crippen LogP contribution in [0.1, 0.15) is 0 Å². The molecule has 134 valence electrons. The summed E-state index contributed by atoms with van der Waals surface area (Å²) in [6.45, 7) is 0. The lowest BCUT2D eigenvalue weighted by Gasteiger charge is -2.06. The number of rotatable bonds is 1. The molecule has 0 amide bonds. The van der Waals surface area contributed by atoms with Crippen molar-refractivity contribution in [3.63, 3.8) is 0 Å². The van der Waals surface area contributed by atoms with Crippen LogP contribution < -0.4 is 18.6 Å². The second-order valence-corrected chi connectivity index (χ2v) is 5.04. The first-order valence-corrected chi connectivity index (χ1v) is 6.60. The molecule has 2 aliphatic heterocycles. The van der Waals surface area contributed by atoms with Crippen molar-refractivity contribution in [2.45, 2.75) is 0 Å². The summed E-state index contributed by atoms with van der Waals surface area (Å²) >= 11 is 0. The van der Waals surface area contributed by atoms with Crippen LogP contribution in [0.3, 0.4) is 0 Å². The molecule has 0 saturated heterocycles. The largest absolute Gasteiger partial charge is 0.658 e. The second kappa shape index (κ2) is 5.35. The Labute approximate surface area is 138 Å². The van der Waals surface area contributed by atoms with Gasteiger partial charge in [-0.05, 0) is 0 Å². The third kappa shape index (κ3) is 2.04. The van der Waals surface area contributed by atoms with Gasteiger partial charge >= 0.3 is 14.0 Å². The van der Waals surface area contributed by atoms with E-state index in [4.69, 9.17) is 0 Å². The van der Waals surface area contributed by atoms with E-state index >= 15 is 0 Å². The molecule has 0 unspecified atom stereocenters. The average molecular weight is 382 g/mol. The van der Waals surface area contributed by atoms with Gasteiger partial charge in [-0.25, -0.2) is 17.6 Å². The normalized spacial score (nSPS) is 14.5. The molecule has 0 N–H and O–H groups in total. The summed E-state index contributed by atoms with van der Waals surface area (Å²) in [5.74, 6) is -21.3. The van der Waals surface area contributed by atoms with Crippen molar-refractivity contribution < 1.29 is 53.7 Å². The number of hydrogen-bond donors (Lipinski definition) is 0. The van der Waals surface area contributed by atoms with Gasteiger partial charge in [0.1, 0.15) is 0 Å². The van der Waals surface area contributed by atoms with E-state index in [-0.39, 0.29) is 0 Å². The zero-order chi connectivity index (χ0) is 18.9. The molecule has 0 saturated carbocycles. The summed E-state index contributed by atoms with van der Waals surface area (Å²) in [6.07, 6.45) is 0. The fraction of sp³-hybridized carbons (Fsp3) is 0. The molecule has 0 radical (unpaired) electrons. The molecule has 0 spiro atoms. The third-order valence-corrected chi connectivity index (χ3v) is 3.52. The molecule has 2 heterocycles. The highest BCUT2D eigenvalue weighted by molar-refractivity contribution is 7.12. The lowest BCUT2D eigenvalue weighted by Crippen LogP contribution is -2.50. The smallest absolute Gasteiger partial charge is 0.521 e. The molecule has 2 aliphatic rings. The molecule has 14 heteroatoms. The molecule has 26 heavy (non-hydrogen) atoms. The Morgan fingerprint density at radius 1 is 0.346 bits per heavy atom. The fourth-order valence-corrected chi connectivity index (χ4v) is 2.34. The molecule has 0 bridgehead atoms. The first-order valence-electron chi connectivity index (χ1n) is 6.60. The molecule has 0 fully saturated rings. The van der Waals surface area contributed by atoms with Crippen LogP contribution in [-0.2, 0) is 0 Å². The van der Waals surface area contributed by atoms with Gasteiger partial charge in [0.05, 0.1) is 0 Å². The summed E-state index contributed by atoms with van der Waals surface area (Å²) in [5, 5.41) is 0. The average Bonchev–Trinajstić information content (AvgIpc) is 3.26. The Kier molecular flexibility index (Phi) is 3.43. The van der Waals surface area contributed by atoms with Crippen molar-refractivity contribution >= 4 is 14.0 Å². The topological polar surface area (TPSA) is 36.9 Å². The zero-order valence-electron chi connectivity index (χ0n) is 11.8. The minimum absolute atomic E-state index is 1.19. The first-order chi connectivity index (χ1) is 12.2. The summed E-state index contributed by atoms with van der Waals surface area (Å²) in [6, 6.07) is 0. The summed E-state index contributed by atoms with van der Waals surface area (Å²) in [4.78, 5) is 0. The van der Waals surface area contributed by atoms with E-state index in [2.05, 4.69) is 18.6 Å². The molecule has 0 aliphatic carbocycles. The van der Waals surface area contributed by atoms with Crippen molar-refractivity contribution in [2.24, 2.45) is 0 Å². The second-order valence-electron chi connectivity index (χ2n) is 5.04. The van der Waals surface area contributed by atoms with Crippen molar-refractivity contribution in [1.29, 1.82) is 0 Å². The van der Waals surface area contributed by atoms with E-state index in [0.717, 1.165) is 0 Å². The Morgan fingerprint density at radius 2 is 0.538 bits per heavy atom. The molecule has 4 nitrogen and oxygen atoms in total. The van der Waals surface area contributed by atoms with Gasteiger partial charge in [-0.3, -0.25) is 0 Å². The highest BCUT2D eigenvalue weighted by atomic mass is 19.2. The SMILES string of the molecule is Fc1c(F)c(F)c2c(c1F)OB(B1Oc3c(F)c(F)c(F)c(F)c3O1)O2. The van der Waals surface area contributed by atoms with E-state index in [1.807, 2.05) is 0 Å². The number of benzene rings is 2. The van der Waals surface area contributed by atoms with Gasteiger partial charge in [0, 0.05) is 0 Å². The monoisotopic (exact) mass is 382 g/mol. The van der Waals surface area contributed by atoms with Crippen molar-refractivity contribution in [3.8, 4) is 23.0 Å². The van der Waals surface area contributed by atoms with E-state index < -0.39 is 83.6 Å². The summed E-state index contributed by atoms with van der Waals surface area (Å²) in [5.41, 5.74) is 0. The maximum Gasteiger partial charge on any atom is 0.658 e. The molecule has 0 atom stereocenters. The maximum atomic E-state index is 13.6. The molecule has 2 aromatic rings. The van der Waals surface area contributed by atoms with Crippen molar-refractivity contribution in [2.75, 3.05) is 0 Å². The van der Waals surface area contributed by atoms with E-state index in [1.54, 1.807) is 0 Å². The molecular formula is C12B2F8O4. The third-order valence-electron chi connectivity index (χ3n) is 3.52. The Balaban J connectivity index is 1.68. The fourth-order valence-electron chi connectivity index (χ4n) is 2.34. The quantitative estimate of drug-likeness (QED) is 0.329. The number of halogens is 8. The predicted molar refractivity (Wildman–Crippen MR) is 66.6 cm³/mol. The Morgan fingerprint density at radius 3 is 0.731 bits per heavy atom. The van der Waals surface area contributed by atoms with Gasteiger partial charge in [-0.2, -0.15) is 17.6 Å². The maximum absolute atomic E-state index is 13.6. The van der Waals surface area contributed by atoms with E-state index in [0.29, 0.717) is 0 Å². The number of fused-ring (bicyclic) bond motifs is 2. The predicted octanol–water partition coefficient (Wildman–Crippen LogP) is 3.10. The zero-order valence-corrected chi connectivity index (χ0v) is 11.8. The van der Waals surface area contributed by atoms with Gasteiger partial charge in [0.2, 0.25) is 46.5 Å². The lowest BCUT2D eigenvalue weighted by molar-refractivity contribution is 0.388. The Bertz CT molecular complexity index is 820. The van der Waals surface area contributed by atoms with Crippen LogP contribution in [0.25, 0.3) is 0 Å². The summed E-state index contributed by atoms with van der Waals surface area (Å²) in [7, 11) is -4.01. The summed E-state index contributed by atoms with van der Waals surface area (Å²) < 4.78 is 126. The van der Waals surface area contributed by atoms with Gasteiger partial charge in [-0.15, -0.1) is 0 Å². The Hall–Kier alpha value is -2.79. The minimum atomic E-state index is -2.19. The highest BCUT2D eigenvalue weighted by Gasteiger charge is 2.58. The minimum Gasteiger partial charge on any atom is -0.521 e. The van der Waals surface area contributed by atoms with Gasteiger partial charge in [0.15, 0.2) is 23.0 Å². The van der Waals surface area contributed by atoms with Crippen LogP contribution in [0.4, 0.5) is 35.1 Å². The van der Waals surface area contributed by atoms with Crippen LogP contribution in [-0.4, -0.2) is 14.0 Å². The lowest BCUT2D eigenvalue weighted by atomic mass is 9.49. The van der Waals surface area contributed by atoms with Crippen LogP contribution in [0.5, 0.6) is 23.0 Å². The number of hydrogen-bond acceptors (Lipinski definition) is 4. The first kappa shape index (κ1) is 16.7. The molecule has 4 rings (SSSR count). The molecule has 0 aromatic heterocycles. The van der Waals surface area contributed by atoms with E-state index in [9.17, 15) is 35.1 Å². The van der Waals surface area contributed by atoms with Crippen LogP contribution >= 0.6 is 0 Å². The van der Waals surface area contributed by atoms with Gasteiger partial charge in [-0.1, -0.05) is 0 Å². The van der Waals surface area contributed by atoms with Crippen LogP contribution in [0, 0.1) is 46.5 Å². The highest BCUT2D eigenvalue weighted by Crippen LogP contribution is 2.45.